The van der Waals surface area contributed by atoms with Crippen molar-refractivity contribution in [2.24, 2.45) is 11.8 Å². The first-order valence-electron chi connectivity index (χ1n) is 13.9. The van der Waals surface area contributed by atoms with Crippen molar-refractivity contribution in [3.05, 3.63) is 65.2 Å². The highest BCUT2D eigenvalue weighted by molar-refractivity contribution is 5.73. The molecule has 1 saturated heterocycles. The first kappa shape index (κ1) is 25.3. The summed E-state index contributed by atoms with van der Waals surface area (Å²) >= 11 is 0. The molecule has 1 saturated carbocycles. The topological polar surface area (TPSA) is 64.0 Å². The third-order valence-corrected chi connectivity index (χ3v) is 9.48. The molecule has 0 spiro atoms. The minimum absolute atomic E-state index is 0.103. The summed E-state index contributed by atoms with van der Waals surface area (Å²) in [6, 6.07) is 16.1. The summed E-state index contributed by atoms with van der Waals surface area (Å²) in [6.45, 7) is 5.63. The molecule has 3 aliphatic rings. The quantitative estimate of drug-likeness (QED) is 0.429. The van der Waals surface area contributed by atoms with Gasteiger partial charge in [-0.05, 0) is 106 Å². The second-order valence-electron chi connectivity index (χ2n) is 11.7. The van der Waals surface area contributed by atoms with Gasteiger partial charge >= 0.3 is 5.97 Å². The molecular weight excluding hydrogens is 448 g/mol. The number of aromatic hydroxyl groups is 1. The Morgan fingerprint density at radius 3 is 2.67 bits per heavy atom. The van der Waals surface area contributed by atoms with Crippen LogP contribution < -0.4 is 0 Å². The maximum Gasteiger partial charge on any atom is 0.321 e. The van der Waals surface area contributed by atoms with Crippen LogP contribution in [0.25, 0.3) is 0 Å². The van der Waals surface area contributed by atoms with Crippen molar-refractivity contribution in [1.82, 2.24) is 9.80 Å². The number of aliphatic carboxylic acids is 1. The molecule has 4 atom stereocenters. The van der Waals surface area contributed by atoms with Crippen LogP contribution in [0, 0.1) is 11.8 Å². The number of piperidine rings is 1. The summed E-state index contributed by atoms with van der Waals surface area (Å²) in [5.41, 5.74) is 3.96. The monoisotopic (exact) mass is 490 g/mol. The molecule has 2 aliphatic carbocycles. The summed E-state index contributed by atoms with van der Waals surface area (Å²) in [7, 11) is 1.95. The third-order valence-electron chi connectivity index (χ3n) is 9.48. The molecule has 2 N–H and O–H groups in total. The average molecular weight is 491 g/mol. The number of phenols is 1. The molecule has 0 radical (unpaired) electrons. The van der Waals surface area contributed by atoms with Crippen LogP contribution in [0.4, 0.5) is 0 Å². The van der Waals surface area contributed by atoms with Gasteiger partial charge in [-0.25, -0.2) is 0 Å². The van der Waals surface area contributed by atoms with Gasteiger partial charge in [0.15, 0.2) is 0 Å². The van der Waals surface area contributed by atoms with E-state index in [1.807, 2.05) is 54.4 Å². The van der Waals surface area contributed by atoms with E-state index in [1.165, 1.54) is 30.5 Å². The maximum atomic E-state index is 12.0. The fourth-order valence-corrected chi connectivity index (χ4v) is 7.11. The van der Waals surface area contributed by atoms with Crippen LogP contribution in [0.15, 0.2) is 48.5 Å². The minimum atomic E-state index is -0.754. The number of unbranched alkanes of at least 4 members (excludes halogenated alkanes) is 1. The van der Waals surface area contributed by atoms with Gasteiger partial charge in [0.25, 0.3) is 0 Å². The fourth-order valence-electron chi connectivity index (χ4n) is 7.11. The predicted octanol–water partition coefficient (Wildman–Crippen LogP) is 5.10. The van der Waals surface area contributed by atoms with Gasteiger partial charge in [-0.1, -0.05) is 49.7 Å². The van der Waals surface area contributed by atoms with Gasteiger partial charge in [0.2, 0.25) is 0 Å². The number of benzene rings is 2. The Labute approximate surface area is 216 Å². The molecule has 2 aromatic carbocycles. The number of nitrogens with zero attached hydrogens (tertiary/aromatic N) is 2. The number of carbonyl (C=O) groups is 1. The molecule has 5 rings (SSSR count). The number of hydrogen-bond donors (Lipinski definition) is 2. The summed E-state index contributed by atoms with van der Waals surface area (Å²) in [5.74, 6) is 1.08. The molecule has 2 bridgehead atoms. The molecular formula is C31H42N2O3. The number of likely N-dealkylation sites (tertiary alicyclic amines) is 1. The van der Waals surface area contributed by atoms with Crippen molar-refractivity contribution in [2.75, 3.05) is 26.7 Å². The molecule has 2 aromatic rings. The van der Waals surface area contributed by atoms with Gasteiger partial charge in [-0.3, -0.25) is 14.6 Å². The average Bonchev–Trinajstić information content (AvgIpc) is 3.68. The first-order chi connectivity index (χ1) is 17.4. The Bertz CT molecular complexity index is 1050. The summed E-state index contributed by atoms with van der Waals surface area (Å²) in [6.07, 6.45) is 8.69. The largest absolute Gasteiger partial charge is 0.508 e. The second kappa shape index (κ2) is 10.5. The molecule has 5 heteroatoms. The van der Waals surface area contributed by atoms with E-state index in [0.29, 0.717) is 24.1 Å². The van der Waals surface area contributed by atoms with Crippen LogP contribution in [0.5, 0.6) is 5.75 Å². The smallest absolute Gasteiger partial charge is 0.321 e. The van der Waals surface area contributed by atoms with Crippen LogP contribution >= 0.6 is 0 Å². The zero-order valence-electron chi connectivity index (χ0n) is 21.9. The number of likely N-dealkylation sites (N-methyl/N-ethyl adjacent to an activating group) is 1. The van der Waals surface area contributed by atoms with Gasteiger partial charge in [0.05, 0.1) is 0 Å². The van der Waals surface area contributed by atoms with E-state index in [1.54, 1.807) is 0 Å². The molecule has 0 amide bonds. The summed E-state index contributed by atoms with van der Waals surface area (Å²) < 4.78 is 0. The van der Waals surface area contributed by atoms with Gasteiger partial charge in [0, 0.05) is 18.0 Å². The summed E-state index contributed by atoms with van der Waals surface area (Å²) in [5, 5.41) is 20.2. The number of fused-ring (bicyclic) bond motifs is 4. The van der Waals surface area contributed by atoms with E-state index in [0.717, 1.165) is 56.7 Å². The Morgan fingerprint density at radius 2 is 1.94 bits per heavy atom. The van der Waals surface area contributed by atoms with Gasteiger partial charge < -0.3 is 10.2 Å². The molecule has 0 unspecified atom stereocenters. The van der Waals surface area contributed by atoms with E-state index in [-0.39, 0.29) is 5.41 Å². The van der Waals surface area contributed by atoms with Crippen LogP contribution in [-0.4, -0.2) is 64.7 Å². The highest BCUT2D eigenvalue weighted by Gasteiger charge is 2.51. The lowest BCUT2D eigenvalue weighted by Crippen LogP contribution is -2.59. The van der Waals surface area contributed by atoms with E-state index in [2.05, 4.69) is 17.9 Å². The van der Waals surface area contributed by atoms with Crippen molar-refractivity contribution in [1.29, 1.82) is 0 Å². The zero-order valence-corrected chi connectivity index (χ0v) is 21.9. The van der Waals surface area contributed by atoms with Crippen molar-refractivity contribution < 1.29 is 15.0 Å². The zero-order chi connectivity index (χ0) is 25.3. The van der Waals surface area contributed by atoms with Gasteiger partial charge in [-0.2, -0.15) is 0 Å². The number of carboxylic acid groups (broad SMARTS) is 1. The molecule has 5 nitrogen and oxygen atoms in total. The second-order valence-corrected chi connectivity index (χ2v) is 11.7. The van der Waals surface area contributed by atoms with Crippen LogP contribution in [-0.2, 0) is 23.1 Å². The van der Waals surface area contributed by atoms with Crippen molar-refractivity contribution in [2.45, 2.75) is 75.8 Å². The molecule has 0 aromatic heterocycles. The van der Waals surface area contributed by atoms with Crippen LogP contribution in [0.1, 0.15) is 62.1 Å². The van der Waals surface area contributed by atoms with Crippen LogP contribution in [0.3, 0.4) is 0 Å². The predicted molar refractivity (Wildman–Crippen MR) is 143 cm³/mol. The van der Waals surface area contributed by atoms with Crippen LogP contribution in [0.2, 0.25) is 0 Å². The lowest BCUT2D eigenvalue weighted by Gasteiger charge is -2.56. The van der Waals surface area contributed by atoms with Crippen molar-refractivity contribution in [3.63, 3.8) is 0 Å². The number of phenolic OH excluding ortho intramolecular Hbond substituents is 1. The number of carboxylic acids is 1. The van der Waals surface area contributed by atoms with E-state index >= 15 is 0 Å². The highest BCUT2D eigenvalue weighted by atomic mass is 16.4. The van der Waals surface area contributed by atoms with Crippen molar-refractivity contribution in [3.8, 4) is 5.75 Å². The number of rotatable bonds is 11. The Morgan fingerprint density at radius 1 is 1.17 bits per heavy atom. The summed E-state index contributed by atoms with van der Waals surface area (Å²) in [4.78, 5) is 16.8. The highest BCUT2D eigenvalue weighted by Crippen LogP contribution is 2.52. The molecule has 194 valence electrons. The van der Waals surface area contributed by atoms with E-state index in [4.69, 9.17) is 0 Å². The lowest BCUT2D eigenvalue weighted by molar-refractivity contribution is -0.142. The Kier molecular flexibility index (Phi) is 7.41. The normalized spacial score (nSPS) is 26.5. The molecule has 2 fully saturated rings. The standard InChI is InChI=1S/C31H42N2O3/c1-22-28-19-25-12-13-26(34)20-27(25)31(22,15-17-33(28)21-24-10-11-24)14-6-7-16-32(2)29(30(35)36)18-23-8-4-3-5-9-23/h3-5,8-9,12-13,20,22,24,28-29,34H,6-7,10-11,14-19,21H2,1-2H3,(H,35,36)/t22-,28+,29-,31+/m0/s1. The molecule has 1 aliphatic heterocycles. The Balaban J connectivity index is 1.25. The molecule has 36 heavy (non-hydrogen) atoms. The third kappa shape index (κ3) is 5.19. The maximum absolute atomic E-state index is 12.0. The lowest BCUT2D eigenvalue weighted by atomic mass is 9.56. The first-order valence-corrected chi connectivity index (χ1v) is 13.9. The molecule has 1 heterocycles. The van der Waals surface area contributed by atoms with E-state index in [9.17, 15) is 15.0 Å². The Hall–Kier alpha value is -2.37. The van der Waals surface area contributed by atoms with Gasteiger partial charge in [0.1, 0.15) is 11.8 Å². The van der Waals surface area contributed by atoms with E-state index < -0.39 is 12.0 Å². The van der Waals surface area contributed by atoms with Crippen molar-refractivity contribution >= 4 is 5.97 Å². The van der Waals surface area contributed by atoms with Gasteiger partial charge in [-0.15, -0.1) is 0 Å². The fraction of sp³-hybridized carbons (Fsp3) is 0.581. The minimum Gasteiger partial charge on any atom is -0.508 e. The number of hydrogen-bond acceptors (Lipinski definition) is 4. The SMILES string of the molecule is C[C@H]1[C@H]2Cc3ccc(O)cc3[C@]1(CCCCN(C)[C@@H](Cc1ccccc1)C(=O)O)CCN2CC1CC1.